The summed E-state index contributed by atoms with van der Waals surface area (Å²) in [6.07, 6.45) is 0.718. The molecule has 1 amide bonds. The van der Waals surface area contributed by atoms with Crippen molar-refractivity contribution in [1.29, 1.82) is 0 Å². The van der Waals surface area contributed by atoms with Crippen LogP contribution in [0.1, 0.15) is 16.8 Å². The lowest BCUT2D eigenvalue weighted by Gasteiger charge is -2.04. The predicted molar refractivity (Wildman–Crippen MR) is 97.1 cm³/mol. The van der Waals surface area contributed by atoms with Crippen molar-refractivity contribution in [3.05, 3.63) is 47.8 Å². The molecule has 2 aromatic heterocycles. The number of rotatable bonds is 5. The maximum Gasteiger partial charge on any atom is 0.251 e. The van der Waals surface area contributed by atoms with E-state index in [4.69, 9.17) is 5.73 Å². The van der Waals surface area contributed by atoms with Crippen LogP contribution in [0.2, 0.25) is 0 Å². The van der Waals surface area contributed by atoms with Gasteiger partial charge in [0.2, 0.25) is 0 Å². The Hall–Kier alpha value is -3.26. The number of nitrogens with one attached hydrogen (secondary N) is 3. The second-order valence-corrected chi connectivity index (χ2v) is 5.95. The Balaban J connectivity index is 1.74. The number of aromatic amines is 2. The SMILES string of the molecule is NCCCNC(=O)c1ccc2[nH]nc(-c3nc4cccc(F)c4[nH]3)c2c1. The summed E-state index contributed by atoms with van der Waals surface area (Å²) in [6.45, 7) is 1.04. The number of carbonyl (C=O) groups excluding carboxylic acids is 1. The first-order chi connectivity index (χ1) is 12.7. The first-order valence-corrected chi connectivity index (χ1v) is 8.28. The van der Waals surface area contributed by atoms with Crippen LogP contribution < -0.4 is 11.1 Å². The van der Waals surface area contributed by atoms with Gasteiger partial charge in [-0.2, -0.15) is 5.10 Å². The molecule has 0 spiro atoms. The van der Waals surface area contributed by atoms with Crippen LogP contribution in [-0.4, -0.2) is 39.2 Å². The molecule has 132 valence electrons. The third kappa shape index (κ3) is 2.80. The Morgan fingerprint density at radius 3 is 2.96 bits per heavy atom. The molecule has 0 unspecified atom stereocenters. The van der Waals surface area contributed by atoms with E-state index in [1.165, 1.54) is 6.07 Å². The van der Waals surface area contributed by atoms with Crippen LogP contribution in [0.3, 0.4) is 0 Å². The highest BCUT2D eigenvalue weighted by Crippen LogP contribution is 2.27. The summed E-state index contributed by atoms with van der Waals surface area (Å²) in [5.74, 6) is -0.110. The minimum Gasteiger partial charge on any atom is -0.352 e. The van der Waals surface area contributed by atoms with Gasteiger partial charge in [0.05, 0.1) is 11.0 Å². The number of nitrogens with two attached hydrogens (primary N) is 1. The lowest BCUT2D eigenvalue weighted by molar-refractivity contribution is 0.0953. The number of nitrogens with zero attached hydrogens (tertiary/aromatic N) is 2. The van der Waals surface area contributed by atoms with E-state index in [1.54, 1.807) is 30.3 Å². The molecule has 4 rings (SSSR count). The van der Waals surface area contributed by atoms with Crippen LogP contribution >= 0.6 is 0 Å². The fraction of sp³-hybridized carbons (Fsp3) is 0.167. The number of H-pyrrole nitrogens is 2. The van der Waals surface area contributed by atoms with E-state index in [9.17, 15) is 9.18 Å². The minimum atomic E-state index is -0.374. The number of hydrogen-bond donors (Lipinski definition) is 4. The van der Waals surface area contributed by atoms with Crippen molar-refractivity contribution in [3.8, 4) is 11.5 Å². The average Bonchev–Trinajstić information content (AvgIpc) is 3.25. The largest absolute Gasteiger partial charge is 0.352 e. The van der Waals surface area contributed by atoms with Crippen molar-refractivity contribution in [2.75, 3.05) is 13.1 Å². The Morgan fingerprint density at radius 2 is 2.15 bits per heavy atom. The molecule has 7 nitrogen and oxygen atoms in total. The van der Waals surface area contributed by atoms with Gasteiger partial charge < -0.3 is 16.0 Å². The Morgan fingerprint density at radius 1 is 1.27 bits per heavy atom. The van der Waals surface area contributed by atoms with Gasteiger partial charge in [0.25, 0.3) is 5.91 Å². The molecular weight excluding hydrogens is 335 g/mol. The third-order valence-corrected chi connectivity index (χ3v) is 4.18. The Labute approximate surface area is 147 Å². The fourth-order valence-electron chi connectivity index (χ4n) is 2.85. The van der Waals surface area contributed by atoms with E-state index in [0.717, 1.165) is 17.3 Å². The number of benzene rings is 2. The number of halogens is 1. The molecular formula is C18H17FN6O. The van der Waals surface area contributed by atoms with Gasteiger partial charge in [0, 0.05) is 17.5 Å². The summed E-state index contributed by atoms with van der Waals surface area (Å²) in [5.41, 5.74) is 8.10. The van der Waals surface area contributed by atoms with Gasteiger partial charge in [0.15, 0.2) is 5.82 Å². The zero-order valence-electron chi connectivity index (χ0n) is 13.8. The predicted octanol–water partition coefficient (Wildman–Crippen LogP) is 2.32. The number of aromatic nitrogens is 4. The number of para-hydroxylation sites is 1. The van der Waals surface area contributed by atoms with Crippen LogP contribution in [0.15, 0.2) is 36.4 Å². The lowest BCUT2D eigenvalue weighted by atomic mass is 10.1. The van der Waals surface area contributed by atoms with Crippen molar-refractivity contribution in [2.24, 2.45) is 5.73 Å². The summed E-state index contributed by atoms with van der Waals surface area (Å²) < 4.78 is 13.9. The maximum absolute atomic E-state index is 13.9. The van der Waals surface area contributed by atoms with Crippen molar-refractivity contribution in [3.63, 3.8) is 0 Å². The van der Waals surface area contributed by atoms with Gasteiger partial charge in [-0.3, -0.25) is 9.89 Å². The van der Waals surface area contributed by atoms with Crippen LogP contribution in [0, 0.1) is 5.82 Å². The van der Waals surface area contributed by atoms with E-state index >= 15 is 0 Å². The Kier molecular flexibility index (Phi) is 4.10. The molecule has 0 saturated carbocycles. The molecule has 0 aliphatic rings. The Bertz CT molecular complexity index is 1100. The number of fused-ring (bicyclic) bond motifs is 2. The minimum absolute atomic E-state index is 0.178. The second kappa shape index (κ2) is 6.57. The first-order valence-electron chi connectivity index (χ1n) is 8.28. The number of hydrogen-bond acceptors (Lipinski definition) is 4. The first kappa shape index (κ1) is 16.2. The standard InChI is InChI=1S/C18H17FN6O/c19-12-3-1-4-14-16(12)23-17(22-14)15-11-9-10(5-6-13(11)24-25-15)18(26)21-8-2-7-20/h1,3-6,9H,2,7-8,20H2,(H,21,26)(H,22,23)(H,24,25). The van der Waals surface area contributed by atoms with E-state index < -0.39 is 0 Å². The summed E-state index contributed by atoms with van der Waals surface area (Å²) in [6, 6.07) is 9.96. The van der Waals surface area contributed by atoms with Crippen LogP contribution in [0.4, 0.5) is 4.39 Å². The molecule has 0 fully saturated rings. The molecule has 0 saturated heterocycles. The average molecular weight is 352 g/mol. The number of carbonyl (C=O) groups is 1. The topological polar surface area (TPSA) is 112 Å². The van der Waals surface area contributed by atoms with E-state index in [0.29, 0.717) is 41.2 Å². The molecule has 4 aromatic rings. The molecule has 5 N–H and O–H groups in total. The van der Waals surface area contributed by atoms with Crippen LogP contribution in [0.25, 0.3) is 33.5 Å². The summed E-state index contributed by atoms with van der Waals surface area (Å²) in [5, 5.41) is 10.7. The smallest absolute Gasteiger partial charge is 0.251 e. The van der Waals surface area contributed by atoms with E-state index in [-0.39, 0.29) is 11.7 Å². The fourth-order valence-corrected chi connectivity index (χ4v) is 2.85. The number of amides is 1. The van der Waals surface area contributed by atoms with Crippen LogP contribution in [0.5, 0.6) is 0 Å². The number of imidazole rings is 1. The van der Waals surface area contributed by atoms with Crippen molar-refractivity contribution >= 4 is 27.8 Å². The molecule has 26 heavy (non-hydrogen) atoms. The quantitative estimate of drug-likeness (QED) is 0.413. The molecule has 0 atom stereocenters. The molecule has 0 bridgehead atoms. The van der Waals surface area contributed by atoms with E-state index in [1.807, 2.05) is 0 Å². The zero-order valence-corrected chi connectivity index (χ0v) is 13.8. The molecule has 8 heteroatoms. The third-order valence-electron chi connectivity index (χ3n) is 4.18. The van der Waals surface area contributed by atoms with Crippen molar-refractivity contribution < 1.29 is 9.18 Å². The zero-order chi connectivity index (χ0) is 18.1. The van der Waals surface area contributed by atoms with Gasteiger partial charge in [-0.25, -0.2) is 9.37 Å². The summed E-state index contributed by atoms with van der Waals surface area (Å²) in [4.78, 5) is 19.6. The highest BCUT2D eigenvalue weighted by atomic mass is 19.1. The molecule has 2 aromatic carbocycles. The van der Waals surface area contributed by atoms with Gasteiger partial charge >= 0.3 is 0 Å². The summed E-state index contributed by atoms with van der Waals surface area (Å²) >= 11 is 0. The highest BCUT2D eigenvalue weighted by Gasteiger charge is 2.16. The molecule has 0 aliphatic carbocycles. The van der Waals surface area contributed by atoms with Gasteiger partial charge in [-0.1, -0.05) is 6.07 Å². The van der Waals surface area contributed by atoms with Crippen molar-refractivity contribution in [2.45, 2.75) is 6.42 Å². The maximum atomic E-state index is 13.9. The molecule has 2 heterocycles. The van der Waals surface area contributed by atoms with Gasteiger partial charge in [0.1, 0.15) is 17.0 Å². The van der Waals surface area contributed by atoms with Crippen molar-refractivity contribution in [1.82, 2.24) is 25.5 Å². The van der Waals surface area contributed by atoms with E-state index in [2.05, 4.69) is 25.5 Å². The monoisotopic (exact) mass is 352 g/mol. The normalized spacial score (nSPS) is 11.3. The van der Waals surface area contributed by atoms with Gasteiger partial charge in [-0.15, -0.1) is 0 Å². The van der Waals surface area contributed by atoms with Gasteiger partial charge in [-0.05, 0) is 43.3 Å². The highest BCUT2D eigenvalue weighted by molar-refractivity contribution is 6.01. The van der Waals surface area contributed by atoms with Crippen LogP contribution in [-0.2, 0) is 0 Å². The lowest BCUT2D eigenvalue weighted by Crippen LogP contribution is -2.25. The molecule has 0 radical (unpaired) electrons. The summed E-state index contributed by atoms with van der Waals surface area (Å²) in [7, 11) is 0. The second-order valence-electron chi connectivity index (χ2n) is 5.95. The molecule has 0 aliphatic heterocycles.